The van der Waals surface area contributed by atoms with E-state index in [9.17, 15) is 14.5 Å². The number of halogens is 2. The Hall–Kier alpha value is -1.81. The third-order valence-electron chi connectivity index (χ3n) is 2.52. The number of nitrogens with one attached hydrogen (secondary N) is 2. The van der Waals surface area contributed by atoms with Crippen molar-refractivity contribution in [1.29, 1.82) is 0 Å². The summed E-state index contributed by atoms with van der Waals surface area (Å²) >= 11 is 7.14. The van der Waals surface area contributed by atoms with E-state index in [-0.39, 0.29) is 11.5 Å². The number of non-ortho nitro benzene ring substituents is 1. The molecule has 0 saturated heterocycles. The molecule has 0 atom stereocenters. The highest BCUT2D eigenvalue weighted by Crippen LogP contribution is 2.20. The van der Waals surface area contributed by atoms with Crippen molar-refractivity contribution in [1.82, 2.24) is 0 Å². The zero-order valence-corrected chi connectivity index (χ0v) is 13.4. The van der Waals surface area contributed by atoms with Gasteiger partial charge in [-0.05, 0) is 65.1 Å². The van der Waals surface area contributed by atoms with Gasteiger partial charge in [0.15, 0.2) is 5.11 Å². The van der Waals surface area contributed by atoms with Gasteiger partial charge in [-0.15, -0.1) is 0 Å². The summed E-state index contributed by atoms with van der Waals surface area (Å²) < 4.78 is 13.7. The van der Waals surface area contributed by atoms with Gasteiger partial charge in [-0.1, -0.05) is 0 Å². The number of nitro groups is 1. The fourth-order valence-corrected chi connectivity index (χ4v) is 2.38. The molecule has 0 radical (unpaired) electrons. The first-order valence-corrected chi connectivity index (χ1v) is 7.22. The van der Waals surface area contributed by atoms with Gasteiger partial charge in [-0.3, -0.25) is 10.1 Å². The van der Waals surface area contributed by atoms with Crippen LogP contribution >= 0.6 is 34.8 Å². The molecule has 0 spiro atoms. The van der Waals surface area contributed by atoms with Crippen molar-refractivity contribution in [3.63, 3.8) is 0 Å². The monoisotopic (exact) mass is 417 g/mol. The van der Waals surface area contributed by atoms with Crippen molar-refractivity contribution in [2.24, 2.45) is 0 Å². The number of thiocarbonyl (C=S) groups is 1. The van der Waals surface area contributed by atoms with Crippen LogP contribution in [-0.4, -0.2) is 10.0 Å². The van der Waals surface area contributed by atoms with Crippen molar-refractivity contribution in [2.75, 3.05) is 10.6 Å². The lowest BCUT2D eigenvalue weighted by molar-refractivity contribution is -0.384. The van der Waals surface area contributed by atoms with Crippen molar-refractivity contribution < 1.29 is 9.31 Å². The van der Waals surface area contributed by atoms with Gasteiger partial charge in [0.05, 0.1) is 10.6 Å². The number of anilines is 2. The van der Waals surface area contributed by atoms with Gasteiger partial charge in [0.2, 0.25) is 0 Å². The van der Waals surface area contributed by atoms with Crippen LogP contribution < -0.4 is 10.6 Å². The standard InChI is InChI=1S/C13H9FIN3O2S/c14-8-1-6-12(11(15)7-8)17-13(21)16-9-2-4-10(5-3-9)18(19)20/h1-7H,(H2,16,17,21). The van der Waals surface area contributed by atoms with E-state index < -0.39 is 4.92 Å². The lowest BCUT2D eigenvalue weighted by Gasteiger charge is -2.11. The van der Waals surface area contributed by atoms with Gasteiger partial charge < -0.3 is 10.6 Å². The Morgan fingerprint density at radius 1 is 1.19 bits per heavy atom. The smallest absolute Gasteiger partial charge is 0.269 e. The maximum Gasteiger partial charge on any atom is 0.269 e. The third kappa shape index (κ3) is 4.33. The van der Waals surface area contributed by atoms with E-state index in [0.717, 1.165) is 0 Å². The van der Waals surface area contributed by atoms with Crippen LogP contribution in [0, 0.1) is 19.5 Å². The van der Waals surface area contributed by atoms with Gasteiger partial charge in [0.25, 0.3) is 5.69 Å². The maximum absolute atomic E-state index is 13.0. The molecule has 8 heteroatoms. The molecule has 0 aliphatic carbocycles. The van der Waals surface area contributed by atoms with Crippen LogP contribution in [0.5, 0.6) is 0 Å². The van der Waals surface area contributed by atoms with Crippen LogP contribution in [0.25, 0.3) is 0 Å². The predicted octanol–water partition coefficient (Wildman–Crippen LogP) is 4.15. The van der Waals surface area contributed by atoms with Crippen molar-refractivity contribution >= 4 is 57.0 Å². The average Bonchev–Trinajstić information content (AvgIpc) is 2.42. The van der Waals surface area contributed by atoms with Crippen molar-refractivity contribution in [3.05, 3.63) is 62.0 Å². The van der Waals surface area contributed by atoms with Crippen LogP contribution in [0.1, 0.15) is 0 Å². The summed E-state index contributed by atoms with van der Waals surface area (Å²) in [4.78, 5) is 10.1. The minimum absolute atomic E-state index is 0.00695. The second-order valence-corrected chi connectivity index (χ2v) is 5.58. The molecule has 0 amide bonds. The molecule has 2 rings (SSSR count). The highest BCUT2D eigenvalue weighted by molar-refractivity contribution is 14.1. The first-order valence-electron chi connectivity index (χ1n) is 5.73. The molecule has 21 heavy (non-hydrogen) atoms. The van der Waals surface area contributed by atoms with E-state index in [0.29, 0.717) is 20.1 Å². The first-order chi connectivity index (χ1) is 9.95. The molecular weight excluding hydrogens is 408 g/mol. The summed E-state index contributed by atoms with van der Waals surface area (Å²) in [5.74, 6) is -0.320. The van der Waals surface area contributed by atoms with Crippen LogP contribution in [0.2, 0.25) is 0 Å². The van der Waals surface area contributed by atoms with Crippen molar-refractivity contribution in [2.45, 2.75) is 0 Å². The van der Waals surface area contributed by atoms with Crippen LogP contribution in [0.3, 0.4) is 0 Å². The normalized spacial score (nSPS) is 10.0. The highest BCUT2D eigenvalue weighted by atomic mass is 127. The predicted molar refractivity (Wildman–Crippen MR) is 92.1 cm³/mol. The van der Waals surface area contributed by atoms with E-state index in [1.54, 1.807) is 18.2 Å². The molecule has 0 heterocycles. The molecule has 0 aliphatic heterocycles. The fourth-order valence-electron chi connectivity index (χ4n) is 1.54. The molecule has 0 aromatic heterocycles. The fraction of sp³-hybridized carbons (Fsp3) is 0. The lowest BCUT2D eigenvalue weighted by Crippen LogP contribution is -2.19. The quantitative estimate of drug-likeness (QED) is 0.340. The number of rotatable bonds is 3. The van der Waals surface area contributed by atoms with E-state index in [4.69, 9.17) is 12.2 Å². The van der Waals surface area contributed by atoms with Crippen LogP contribution in [0.15, 0.2) is 42.5 Å². The summed E-state index contributed by atoms with van der Waals surface area (Å²) in [6, 6.07) is 10.2. The number of nitro benzene ring substituents is 1. The Labute approximate surface area is 138 Å². The zero-order valence-electron chi connectivity index (χ0n) is 10.5. The van der Waals surface area contributed by atoms with Gasteiger partial charge in [-0.2, -0.15) is 0 Å². The summed E-state index contributed by atoms with van der Waals surface area (Å²) in [5.41, 5.74) is 1.30. The number of nitrogens with zero attached hydrogens (tertiary/aromatic N) is 1. The molecule has 0 fully saturated rings. The summed E-state index contributed by atoms with van der Waals surface area (Å²) in [5, 5.41) is 16.7. The Morgan fingerprint density at radius 3 is 2.43 bits per heavy atom. The first kappa shape index (κ1) is 15.6. The van der Waals surface area contributed by atoms with Gasteiger partial charge in [0.1, 0.15) is 5.82 Å². The Morgan fingerprint density at radius 2 is 1.86 bits per heavy atom. The zero-order chi connectivity index (χ0) is 15.4. The summed E-state index contributed by atoms with van der Waals surface area (Å²) in [6.45, 7) is 0. The topological polar surface area (TPSA) is 67.2 Å². The van der Waals surface area contributed by atoms with Gasteiger partial charge in [0, 0.05) is 21.4 Å². The van der Waals surface area contributed by atoms with Crippen molar-refractivity contribution in [3.8, 4) is 0 Å². The number of hydrogen-bond donors (Lipinski definition) is 2. The molecule has 0 saturated carbocycles. The van der Waals surface area contributed by atoms with E-state index in [2.05, 4.69) is 10.6 Å². The second-order valence-electron chi connectivity index (χ2n) is 4.01. The Balaban J connectivity index is 2.02. The SMILES string of the molecule is O=[N+]([O-])c1ccc(NC(=S)Nc2ccc(F)cc2I)cc1. The Kier molecular flexibility index (Phi) is 5.02. The molecular formula is C13H9FIN3O2S. The molecule has 0 aliphatic rings. The minimum atomic E-state index is -0.471. The molecule has 2 aromatic rings. The Bertz CT molecular complexity index is 694. The second kappa shape index (κ2) is 6.76. The summed E-state index contributed by atoms with van der Waals surface area (Å²) in [6.07, 6.45) is 0. The average molecular weight is 417 g/mol. The highest BCUT2D eigenvalue weighted by Gasteiger charge is 2.06. The summed E-state index contributed by atoms with van der Waals surface area (Å²) in [7, 11) is 0. The van der Waals surface area contributed by atoms with Gasteiger partial charge >= 0.3 is 0 Å². The minimum Gasteiger partial charge on any atom is -0.332 e. The molecule has 108 valence electrons. The van der Waals surface area contributed by atoms with E-state index in [1.165, 1.54) is 24.3 Å². The largest absolute Gasteiger partial charge is 0.332 e. The van der Waals surface area contributed by atoms with E-state index in [1.807, 2.05) is 22.6 Å². The number of hydrogen-bond acceptors (Lipinski definition) is 3. The molecule has 2 aromatic carbocycles. The van der Waals surface area contributed by atoms with Gasteiger partial charge in [-0.25, -0.2) is 4.39 Å². The third-order valence-corrected chi connectivity index (χ3v) is 3.61. The van der Waals surface area contributed by atoms with Crippen LogP contribution in [-0.2, 0) is 0 Å². The molecule has 0 bridgehead atoms. The van der Waals surface area contributed by atoms with E-state index >= 15 is 0 Å². The van der Waals surface area contributed by atoms with Crippen LogP contribution in [0.4, 0.5) is 21.5 Å². The lowest BCUT2D eigenvalue weighted by atomic mass is 10.3. The molecule has 2 N–H and O–H groups in total. The molecule has 5 nitrogen and oxygen atoms in total. The maximum atomic E-state index is 13.0. The number of benzene rings is 2. The molecule has 0 unspecified atom stereocenters.